The third-order valence-electron chi connectivity index (χ3n) is 3.77. The predicted octanol–water partition coefficient (Wildman–Crippen LogP) is 3.94. The number of hydrogen-bond donors (Lipinski definition) is 1. The first-order valence-corrected chi connectivity index (χ1v) is 7.94. The summed E-state index contributed by atoms with van der Waals surface area (Å²) < 4.78 is 5.15. The smallest absolute Gasteiger partial charge is 0.347 e. The van der Waals surface area contributed by atoms with Gasteiger partial charge in [0.1, 0.15) is 10.6 Å². The molecule has 0 atom stereocenters. The van der Waals surface area contributed by atoms with E-state index in [0.717, 1.165) is 40.6 Å². The zero-order chi connectivity index (χ0) is 15.6. The van der Waals surface area contributed by atoms with E-state index in [0.29, 0.717) is 11.3 Å². The normalized spacial score (nSPS) is 11.3. The average Bonchev–Trinajstić information content (AvgIpc) is 2.99. The summed E-state index contributed by atoms with van der Waals surface area (Å²) in [7, 11) is 0. The molecule has 2 aromatic heterocycles. The third-order valence-corrected chi connectivity index (χ3v) is 4.83. The average molecular weight is 308 g/mol. The van der Waals surface area contributed by atoms with E-state index < -0.39 is 5.97 Å². The molecule has 0 radical (unpaired) electrons. The molecule has 0 aromatic carbocycles. The van der Waals surface area contributed by atoms with E-state index in [1.54, 1.807) is 0 Å². The Kier molecular flexibility index (Phi) is 4.77. The monoisotopic (exact) mass is 308 g/mol. The van der Waals surface area contributed by atoms with Crippen LogP contribution >= 0.6 is 11.3 Å². The van der Waals surface area contributed by atoms with Crippen molar-refractivity contribution in [3.8, 4) is 0 Å². The van der Waals surface area contributed by atoms with E-state index in [1.165, 1.54) is 11.3 Å². The van der Waals surface area contributed by atoms with Crippen molar-refractivity contribution in [1.82, 2.24) is 10.1 Å². The van der Waals surface area contributed by atoms with Gasteiger partial charge >= 0.3 is 5.97 Å². The van der Waals surface area contributed by atoms with Crippen LogP contribution in [0.2, 0.25) is 0 Å². The summed E-state index contributed by atoms with van der Waals surface area (Å²) in [5.74, 6) is 0.0776. The molecule has 2 aromatic rings. The number of nitrogens with zero attached hydrogens (tertiary/aromatic N) is 2. The summed E-state index contributed by atoms with van der Waals surface area (Å²) in [6, 6.07) is 0. The Morgan fingerprint density at radius 2 is 2.00 bits per heavy atom. The molecule has 1 N–H and O–H groups in total. The molecule has 114 valence electrons. The predicted molar refractivity (Wildman–Crippen MR) is 81.2 cm³/mol. The highest BCUT2D eigenvalue weighted by Crippen LogP contribution is 2.31. The molecule has 0 aliphatic carbocycles. The van der Waals surface area contributed by atoms with Gasteiger partial charge in [-0.05, 0) is 26.7 Å². The number of hydrogen-bond acceptors (Lipinski definition) is 5. The Morgan fingerprint density at radius 1 is 1.33 bits per heavy atom. The zero-order valence-electron chi connectivity index (χ0n) is 12.8. The van der Waals surface area contributed by atoms with Gasteiger partial charge in [0.15, 0.2) is 0 Å². The van der Waals surface area contributed by atoms with Gasteiger partial charge < -0.3 is 9.63 Å². The standard InChI is InChI=1S/C15H20N2O3S/c1-5-10(6-2)13-14(15(18)19)21-12(16-13)7-11-8(3)17-20-9(11)4/h10H,5-7H2,1-4H3,(H,18,19). The molecule has 2 heterocycles. The number of thiazole rings is 1. The SMILES string of the molecule is CCC(CC)c1nc(Cc2c(C)noc2C)sc1C(=O)O. The van der Waals surface area contributed by atoms with Crippen LogP contribution in [0.3, 0.4) is 0 Å². The second-order valence-electron chi connectivity index (χ2n) is 5.12. The van der Waals surface area contributed by atoms with Gasteiger partial charge in [-0.15, -0.1) is 11.3 Å². The molecule has 6 heteroatoms. The van der Waals surface area contributed by atoms with E-state index in [9.17, 15) is 9.90 Å². The minimum absolute atomic E-state index is 0.200. The minimum atomic E-state index is -0.889. The van der Waals surface area contributed by atoms with Crippen LogP contribution in [0, 0.1) is 13.8 Å². The Hall–Kier alpha value is -1.69. The topological polar surface area (TPSA) is 76.2 Å². The van der Waals surface area contributed by atoms with Gasteiger partial charge in [0.2, 0.25) is 0 Å². The molecule has 0 unspecified atom stereocenters. The largest absolute Gasteiger partial charge is 0.477 e. The second kappa shape index (κ2) is 6.39. The maximum atomic E-state index is 11.4. The van der Waals surface area contributed by atoms with Crippen LogP contribution in [0.4, 0.5) is 0 Å². The van der Waals surface area contributed by atoms with Gasteiger partial charge in [0.05, 0.1) is 16.4 Å². The summed E-state index contributed by atoms with van der Waals surface area (Å²) in [6.07, 6.45) is 2.36. The van der Waals surface area contributed by atoms with E-state index in [4.69, 9.17) is 4.52 Å². The molecule has 0 saturated heterocycles. The van der Waals surface area contributed by atoms with Crippen LogP contribution in [-0.2, 0) is 6.42 Å². The van der Waals surface area contributed by atoms with Crippen molar-refractivity contribution >= 4 is 17.3 Å². The molecule has 0 saturated carbocycles. The number of carbonyl (C=O) groups is 1. The summed E-state index contributed by atoms with van der Waals surface area (Å²) >= 11 is 1.26. The Morgan fingerprint density at radius 3 is 2.48 bits per heavy atom. The van der Waals surface area contributed by atoms with E-state index in [-0.39, 0.29) is 5.92 Å². The number of carboxylic acid groups (broad SMARTS) is 1. The fourth-order valence-corrected chi connectivity index (χ4v) is 3.46. The molecule has 0 bridgehead atoms. The van der Waals surface area contributed by atoms with Crippen LogP contribution in [0.15, 0.2) is 4.52 Å². The van der Waals surface area contributed by atoms with Crippen LogP contribution in [-0.4, -0.2) is 21.2 Å². The number of rotatable bonds is 6. The molecule has 0 amide bonds. The van der Waals surface area contributed by atoms with Gasteiger partial charge in [0.25, 0.3) is 0 Å². The number of aromatic carboxylic acids is 1. The maximum absolute atomic E-state index is 11.4. The van der Waals surface area contributed by atoms with Crippen molar-refractivity contribution in [1.29, 1.82) is 0 Å². The first-order valence-electron chi connectivity index (χ1n) is 7.12. The van der Waals surface area contributed by atoms with Gasteiger partial charge in [-0.2, -0.15) is 0 Å². The van der Waals surface area contributed by atoms with Crippen LogP contribution < -0.4 is 0 Å². The molecule has 2 rings (SSSR count). The highest BCUT2D eigenvalue weighted by molar-refractivity contribution is 7.13. The van der Waals surface area contributed by atoms with Crippen molar-refractivity contribution in [3.05, 3.63) is 32.6 Å². The molecular formula is C15H20N2O3S. The van der Waals surface area contributed by atoms with Crippen molar-refractivity contribution in [3.63, 3.8) is 0 Å². The fraction of sp³-hybridized carbons (Fsp3) is 0.533. The van der Waals surface area contributed by atoms with Crippen molar-refractivity contribution in [2.24, 2.45) is 0 Å². The molecule has 21 heavy (non-hydrogen) atoms. The van der Waals surface area contributed by atoms with E-state index >= 15 is 0 Å². The highest BCUT2D eigenvalue weighted by Gasteiger charge is 2.23. The van der Waals surface area contributed by atoms with Crippen molar-refractivity contribution < 1.29 is 14.4 Å². The first-order chi connectivity index (χ1) is 9.97. The molecule has 5 nitrogen and oxygen atoms in total. The molecular weight excluding hydrogens is 288 g/mol. The van der Waals surface area contributed by atoms with Gasteiger partial charge in [-0.1, -0.05) is 19.0 Å². The van der Waals surface area contributed by atoms with Crippen LogP contribution in [0.5, 0.6) is 0 Å². The van der Waals surface area contributed by atoms with Crippen LogP contribution in [0.1, 0.15) is 70.0 Å². The lowest BCUT2D eigenvalue weighted by molar-refractivity contribution is 0.0700. The third kappa shape index (κ3) is 3.15. The van der Waals surface area contributed by atoms with Crippen molar-refractivity contribution in [2.45, 2.75) is 52.9 Å². The summed E-state index contributed by atoms with van der Waals surface area (Å²) in [5.41, 5.74) is 2.56. The number of carboxylic acids is 1. The summed E-state index contributed by atoms with van der Waals surface area (Å²) in [6.45, 7) is 7.88. The molecule has 0 spiro atoms. The Labute approximate surface area is 128 Å². The molecule has 0 fully saturated rings. The van der Waals surface area contributed by atoms with Crippen LogP contribution in [0.25, 0.3) is 0 Å². The van der Waals surface area contributed by atoms with Gasteiger partial charge in [0, 0.05) is 17.9 Å². The highest BCUT2D eigenvalue weighted by atomic mass is 32.1. The Balaban J connectivity index is 2.38. The van der Waals surface area contributed by atoms with E-state index in [2.05, 4.69) is 24.0 Å². The first kappa shape index (κ1) is 15.7. The maximum Gasteiger partial charge on any atom is 0.347 e. The quantitative estimate of drug-likeness (QED) is 0.874. The molecule has 0 aliphatic rings. The zero-order valence-corrected chi connectivity index (χ0v) is 13.6. The lowest BCUT2D eigenvalue weighted by Gasteiger charge is -2.09. The van der Waals surface area contributed by atoms with Gasteiger partial charge in [-0.3, -0.25) is 0 Å². The number of aryl methyl sites for hydroxylation is 2. The lowest BCUT2D eigenvalue weighted by atomic mass is 9.98. The minimum Gasteiger partial charge on any atom is -0.477 e. The second-order valence-corrected chi connectivity index (χ2v) is 6.20. The van der Waals surface area contributed by atoms with Crippen molar-refractivity contribution in [2.75, 3.05) is 0 Å². The fourth-order valence-electron chi connectivity index (χ4n) is 2.46. The number of aromatic nitrogens is 2. The Bertz CT molecular complexity index is 622. The lowest BCUT2D eigenvalue weighted by Crippen LogP contribution is -2.04. The molecule has 0 aliphatic heterocycles. The van der Waals surface area contributed by atoms with Gasteiger partial charge in [-0.25, -0.2) is 9.78 Å². The summed E-state index contributed by atoms with van der Waals surface area (Å²) in [5, 5.41) is 14.1. The van der Waals surface area contributed by atoms with E-state index in [1.807, 2.05) is 13.8 Å². The summed E-state index contributed by atoms with van der Waals surface area (Å²) in [4.78, 5) is 16.4.